The van der Waals surface area contributed by atoms with Gasteiger partial charge in [-0.2, -0.15) is 0 Å². The van der Waals surface area contributed by atoms with E-state index in [1.54, 1.807) is 6.08 Å². The molecule has 0 aromatic carbocycles. The monoisotopic (exact) mass is 1060 g/mol. The van der Waals surface area contributed by atoms with E-state index in [1.807, 2.05) is 27.2 Å². The molecule has 0 saturated carbocycles. The quantitative estimate of drug-likeness (QED) is 0.0243. The van der Waals surface area contributed by atoms with Crippen molar-refractivity contribution < 1.29 is 32.9 Å². The Morgan fingerprint density at radius 3 is 1.18 bits per heavy atom. The number of hydrogen-bond donors (Lipinski definition) is 3. The number of unbranched alkanes of at least 4 members (excludes halogenated alkanes) is 37. The van der Waals surface area contributed by atoms with Crippen LogP contribution >= 0.6 is 7.82 Å². The molecular formula is C65H124N2O6P+. The molecule has 0 aromatic rings. The molecule has 0 aromatic heterocycles. The van der Waals surface area contributed by atoms with Crippen LogP contribution < -0.4 is 5.32 Å². The van der Waals surface area contributed by atoms with E-state index in [1.165, 1.54) is 225 Å². The molecule has 0 bridgehead atoms. The molecule has 0 spiro atoms. The smallest absolute Gasteiger partial charge is 0.387 e. The van der Waals surface area contributed by atoms with Gasteiger partial charge in [0.25, 0.3) is 0 Å². The number of hydrogen-bond acceptors (Lipinski definition) is 5. The van der Waals surface area contributed by atoms with E-state index in [2.05, 4.69) is 67.8 Å². The van der Waals surface area contributed by atoms with Crippen LogP contribution in [0.15, 0.2) is 60.8 Å². The van der Waals surface area contributed by atoms with E-state index in [0.29, 0.717) is 17.4 Å². The summed E-state index contributed by atoms with van der Waals surface area (Å²) in [4.78, 5) is 23.4. The minimum absolute atomic E-state index is 0.0538. The number of phosphoric acid groups is 1. The third-order valence-corrected chi connectivity index (χ3v) is 15.2. The predicted octanol–water partition coefficient (Wildman–Crippen LogP) is 19.7. The molecule has 0 rings (SSSR count). The first-order valence-electron chi connectivity index (χ1n) is 31.7. The Bertz CT molecular complexity index is 1390. The zero-order valence-electron chi connectivity index (χ0n) is 49.6. The van der Waals surface area contributed by atoms with Crippen LogP contribution in [0, 0.1) is 0 Å². The molecule has 74 heavy (non-hydrogen) atoms. The van der Waals surface area contributed by atoms with Crippen LogP contribution in [0.1, 0.15) is 296 Å². The molecule has 3 unspecified atom stereocenters. The lowest BCUT2D eigenvalue weighted by molar-refractivity contribution is -0.870. The summed E-state index contributed by atoms with van der Waals surface area (Å²) in [5.74, 6) is -0.189. The van der Waals surface area contributed by atoms with Gasteiger partial charge in [-0.15, -0.1) is 0 Å². The molecule has 434 valence electrons. The van der Waals surface area contributed by atoms with Gasteiger partial charge < -0.3 is 19.8 Å². The van der Waals surface area contributed by atoms with Gasteiger partial charge in [0, 0.05) is 6.42 Å². The number of amides is 1. The Labute approximate surface area is 460 Å². The zero-order chi connectivity index (χ0) is 54.2. The summed E-state index contributed by atoms with van der Waals surface area (Å²) in [6.45, 7) is 4.81. The van der Waals surface area contributed by atoms with E-state index in [4.69, 9.17) is 9.05 Å². The van der Waals surface area contributed by atoms with Crippen LogP contribution in [0.4, 0.5) is 0 Å². The fourth-order valence-electron chi connectivity index (χ4n) is 9.24. The molecule has 0 fully saturated rings. The van der Waals surface area contributed by atoms with E-state index in [0.717, 1.165) is 51.4 Å². The van der Waals surface area contributed by atoms with Crippen molar-refractivity contribution in [3.05, 3.63) is 60.8 Å². The summed E-state index contributed by atoms with van der Waals surface area (Å²) in [6.07, 6.45) is 76.3. The molecule has 0 aliphatic heterocycles. The molecule has 0 saturated heterocycles. The van der Waals surface area contributed by atoms with E-state index >= 15 is 0 Å². The van der Waals surface area contributed by atoms with Crippen molar-refractivity contribution in [2.75, 3.05) is 40.9 Å². The van der Waals surface area contributed by atoms with Crippen molar-refractivity contribution in [1.29, 1.82) is 0 Å². The fourth-order valence-corrected chi connectivity index (χ4v) is 9.98. The van der Waals surface area contributed by atoms with Crippen molar-refractivity contribution in [1.82, 2.24) is 5.32 Å². The third-order valence-electron chi connectivity index (χ3n) is 14.2. The van der Waals surface area contributed by atoms with Crippen molar-refractivity contribution in [3.63, 3.8) is 0 Å². The van der Waals surface area contributed by atoms with Gasteiger partial charge in [-0.3, -0.25) is 13.8 Å². The number of rotatable bonds is 58. The van der Waals surface area contributed by atoms with Gasteiger partial charge in [0.15, 0.2) is 0 Å². The summed E-state index contributed by atoms with van der Waals surface area (Å²) in [5.41, 5.74) is 0. The van der Waals surface area contributed by atoms with Crippen molar-refractivity contribution in [2.45, 2.75) is 309 Å². The van der Waals surface area contributed by atoms with Gasteiger partial charge in [-0.25, -0.2) is 4.57 Å². The van der Waals surface area contributed by atoms with Crippen LogP contribution in [-0.4, -0.2) is 73.4 Å². The van der Waals surface area contributed by atoms with Crippen LogP contribution in [0.5, 0.6) is 0 Å². The van der Waals surface area contributed by atoms with Gasteiger partial charge in [0.2, 0.25) is 5.91 Å². The molecule has 9 heteroatoms. The van der Waals surface area contributed by atoms with Gasteiger partial charge in [0.05, 0.1) is 39.9 Å². The topological polar surface area (TPSA) is 105 Å². The second-order valence-corrected chi connectivity index (χ2v) is 24.2. The largest absolute Gasteiger partial charge is 0.472 e. The number of nitrogens with one attached hydrogen (secondary N) is 1. The van der Waals surface area contributed by atoms with E-state index < -0.39 is 20.0 Å². The maximum atomic E-state index is 13.0. The number of aliphatic hydroxyl groups excluding tert-OH is 1. The minimum atomic E-state index is -4.36. The summed E-state index contributed by atoms with van der Waals surface area (Å²) in [5, 5.41) is 14.0. The van der Waals surface area contributed by atoms with Crippen molar-refractivity contribution >= 4 is 13.7 Å². The van der Waals surface area contributed by atoms with Crippen LogP contribution in [0.2, 0.25) is 0 Å². The van der Waals surface area contributed by atoms with Crippen LogP contribution in [-0.2, 0) is 18.4 Å². The van der Waals surface area contributed by atoms with Crippen LogP contribution in [0.25, 0.3) is 0 Å². The van der Waals surface area contributed by atoms with Crippen LogP contribution in [0.3, 0.4) is 0 Å². The maximum Gasteiger partial charge on any atom is 0.472 e. The van der Waals surface area contributed by atoms with Gasteiger partial charge in [-0.1, -0.05) is 280 Å². The highest BCUT2D eigenvalue weighted by Crippen LogP contribution is 2.43. The lowest BCUT2D eigenvalue weighted by atomic mass is 10.0. The Morgan fingerprint density at radius 1 is 0.459 bits per heavy atom. The summed E-state index contributed by atoms with van der Waals surface area (Å²) >= 11 is 0. The number of carbonyl (C=O) groups is 1. The third kappa shape index (κ3) is 57.9. The SMILES string of the molecule is CCCCCCC/C=C\C/C=C\C/C=C\CCCCCCCCCCCCC(=O)NC(COP(=O)(O)OCC[N+](C)(C)C)C(O)/C=C/CC/C=C/CCCCCCCCCCCCCCCCCCCCCCC. The number of aliphatic hydroxyl groups is 1. The predicted molar refractivity (Wildman–Crippen MR) is 323 cm³/mol. The molecule has 0 radical (unpaired) electrons. The summed E-state index contributed by atoms with van der Waals surface area (Å²) < 4.78 is 23.7. The Hall–Kier alpha value is -1.80. The number of nitrogens with zero attached hydrogens (tertiary/aromatic N) is 1. The highest BCUT2D eigenvalue weighted by molar-refractivity contribution is 7.47. The molecule has 0 heterocycles. The fraction of sp³-hybridized carbons (Fsp3) is 0.831. The van der Waals surface area contributed by atoms with Gasteiger partial charge in [-0.05, 0) is 70.6 Å². The number of phosphoric ester groups is 1. The summed E-state index contributed by atoms with van der Waals surface area (Å²) in [7, 11) is 1.55. The second-order valence-electron chi connectivity index (χ2n) is 22.8. The Balaban J connectivity index is 4.21. The molecule has 3 N–H and O–H groups in total. The molecule has 3 atom stereocenters. The first-order chi connectivity index (χ1) is 36.0. The number of allylic oxidation sites excluding steroid dienone is 9. The van der Waals surface area contributed by atoms with E-state index in [9.17, 15) is 19.4 Å². The highest BCUT2D eigenvalue weighted by atomic mass is 31.2. The maximum absolute atomic E-state index is 13.0. The van der Waals surface area contributed by atoms with Gasteiger partial charge >= 0.3 is 7.82 Å². The Kier molecular flexibility index (Phi) is 54.6. The van der Waals surface area contributed by atoms with Crippen molar-refractivity contribution in [2.24, 2.45) is 0 Å². The first kappa shape index (κ1) is 72.2. The first-order valence-corrected chi connectivity index (χ1v) is 33.2. The zero-order valence-corrected chi connectivity index (χ0v) is 50.5. The van der Waals surface area contributed by atoms with Crippen molar-refractivity contribution in [3.8, 4) is 0 Å². The minimum Gasteiger partial charge on any atom is -0.387 e. The lowest BCUT2D eigenvalue weighted by Gasteiger charge is -2.25. The lowest BCUT2D eigenvalue weighted by Crippen LogP contribution is -2.45. The molecule has 0 aliphatic rings. The average Bonchev–Trinajstić information content (AvgIpc) is 3.36. The number of quaternary nitrogens is 1. The highest BCUT2D eigenvalue weighted by Gasteiger charge is 2.27. The second kappa shape index (κ2) is 55.9. The average molecular weight is 1060 g/mol. The molecular weight excluding hydrogens is 936 g/mol. The number of likely N-dealkylation sites (N-methyl/N-ethyl adjacent to an activating group) is 1. The van der Waals surface area contributed by atoms with Gasteiger partial charge in [0.1, 0.15) is 13.2 Å². The Morgan fingerprint density at radius 2 is 0.784 bits per heavy atom. The normalized spacial score (nSPS) is 14.2. The number of carbonyl (C=O) groups excluding carboxylic acids is 1. The summed E-state index contributed by atoms with van der Waals surface area (Å²) in [6, 6.07) is -0.869. The molecule has 8 nitrogen and oxygen atoms in total. The van der Waals surface area contributed by atoms with E-state index in [-0.39, 0.29) is 19.1 Å². The molecule has 0 aliphatic carbocycles. The standard InChI is InChI=1S/C65H123N2O6P/c1-6-8-10-12-14-16-18-20-22-24-26-28-30-32-33-35-36-38-40-42-44-46-48-50-52-54-56-58-64(68)63(62-73-74(70,71)72-61-60-67(3,4)5)66-65(69)59-57-55-53-51-49-47-45-43-41-39-37-34-31-29-27-25-23-21-19-17-15-13-11-9-7-2/h19,21,25,27,31,34,48,50,56,58,63-64,68H,6-18,20,22-24,26,28-30,32-33,35-47,49,51-55,57,59-62H2,1-5H3,(H-,66,69,70,71)/p+1/b21-19-,27-25-,34-31-,50-48+,58-56+. The molecule has 1 amide bonds.